The van der Waals surface area contributed by atoms with Gasteiger partial charge >= 0.3 is 0 Å². The van der Waals surface area contributed by atoms with E-state index < -0.39 is 0 Å². The fraction of sp³-hybridized carbons (Fsp3) is 0.350. The van der Waals surface area contributed by atoms with E-state index in [1.807, 2.05) is 23.1 Å². The monoisotopic (exact) mass is 341 g/mol. The zero-order chi connectivity index (χ0) is 18.0. The van der Waals surface area contributed by atoms with Gasteiger partial charge in [0.05, 0.1) is 27.0 Å². The number of anilines is 1. The van der Waals surface area contributed by atoms with Gasteiger partial charge in [-0.25, -0.2) is 0 Å². The second-order valence-electron chi connectivity index (χ2n) is 6.29. The van der Waals surface area contributed by atoms with Crippen LogP contribution >= 0.6 is 0 Å². The first-order valence-corrected chi connectivity index (χ1v) is 8.28. The number of hydrogen-bond acceptors (Lipinski definition) is 4. The zero-order valence-corrected chi connectivity index (χ0v) is 15.0. The molecular formula is C20H23NO4. The number of nitrogens with zero attached hydrogens (tertiary/aromatic N) is 1. The van der Waals surface area contributed by atoms with E-state index in [4.69, 9.17) is 14.2 Å². The molecule has 25 heavy (non-hydrogen) atoms. The number of amides is 1. The van der Waals surface area contributed by atoms with E-state index in [0.29, 0.717) is 29.5 Å². The van der Waals surface area contributed by atoms with Crippen LogP contribution in [0.1, 0.15) is 22.8 Å². The molecule has 0 N–H and O–H groups in total. The predicted molar refractivity (Wildman–Crippen MR) is 97.1 cm³/mol. The third kappa shape index (κ3) is 3.27. The molecule has 5 heteroatoms. The van der Waals surface area contributed by atoms with Crippen molar-refractivity contribution in [1.29, 1.82) is 0 Å². The van der Waals surface area contributed by atoms with Crippen molar-refractivity contribution in [2.24, 2.45) is 5.92 Å². The molecule has 0 saturated carbocycles. The summed E-state index contributed by atoms with van der Waals surface area (Å²) in [5, 5.41) is 0. The van der Waals surface area contributed by atoms with Crippen molar-refractivity contribution >= 4 is 11.6 Å². The quantitative estimate of drug-likeness (QED) is 0.853. The van der Waals surface area contributed by atoms with Crippen molar-refractivity contribution in [3.05, 3.63) is 47.5 Å². The van der Waals surface area contributed by atoms with Crippen LogP contribution in [0, 0.1) is 5.92 Å². The Morgan fingerprint density at radius 3 is 2.44 bits per heavy atom. The molecule has 0 bridgehead atoms. The van der Waals surface area contributed by atoms with Crippen LogP contribution in [0.15, 0.2) is 36.4 Å². The predicted octanol–water partition coefficient (Wildman–Crippen LogP) is 3.55. The Morgan fingerprint density at radius 2 is 1.76 bits per heavy atom. The highest BCUT2D eigenvalue weighted by molar-refractivity contribution is 6.07. The van der Waals surface area contributed by atoms with Crippen molar-refractivity contribution in [1.82, 2.24) is 0 Å². The highest BCUT2D eigenvalue weighted by Crippen LogP contribution is 2.35. The van der Waals surface area contributed by atoms with Crippen molar-refractivity contribution in [3.63, 3.8) is 0 Å². The van der Waals surface area contributed by atoms with Crippen molar-refractivity contribution in [3.8, 4) is 17.2 Å². The van der Waals surface area contributed by atoms with E-state index in [-0.39, 0.29) is 5.91 Å². The first-order chi connectivity index (χ1) is 12.1. The summed E-state index contributed by atoms with van der Waals surface area (Å²) in [5.41, 5.74) is 2.64. The number of hydrogen-bond donors (Lipinski definition) is 0. The van der Waals surface area contributed by atoms with Crippen LogP contribution in [-0.4, -0.2) is 33.8 Å². The second kappa shape index (κ2) is 7.05. The lowest BCUT2D eigenvalue weighted by Gasteiger charge is -2.33. The van der Waals surface area contributed by atoms with E-state index in [2.05, 4.69) is 6.92 Å². The molecule has 3 rings (SSSR count). The number of fused-ring (bicyclic) bond motifs is 1. The smallest absolute Gasteiger partial charge is 0.258 e. The molecule has 1 amide bonds. The number of ether oxygens (including phenoxy) is 3. The van der Waals surface area contributed by atoms with Gasteiger partial charge in [0.1, 0.15) is 5.75 Å². The lowest BCUT2D eigenvalue weighted by Crippen LogP contribution is -2.39. The average molecular weight is 341 g/mol. The fourth-order valence-corrected chi connectivity index (χ4v) is 3.26. The molecule has 0 aliphatic carbocycles. The molecule has 1 aliphatic heterocycles. The summed E-state index contributed by atoms with van der Waals surface area (Å²) in [6.07, 6.45) is 0.953. The van der Waals surface area contributed by atoms with Crippen LogP contribution in [0.5, 0.6) is 17.2 Å². The first kappa shape index (κ1) is 17.1. The van der Waals surface area contributed by atoms with Gasteiger partial charge in [0.15, 0.2) is 11.5 Å². The van der Waals surface area contributed by atoms with E-state index in [1.54, 1.807) is 39.5 Å². The molecule has 0 aromatic heterocycles. The Hall–Kier alpha value is -2.69. The average Bonchev–Trinajstić information content (AvgIpc) is 2.65. The maximum atomic E-state index is 13.2. The Morgan fingerprint density at radius 1 is 1.00 bits per heavy atom. The highest BCUT2D eigenvalue weighted by Gasteiger charge is 2.28. The summed E-state index contributed by atoms with van der Waals surface area (Å²) in [5.74, 6) is 2.24. The molecule has 0 saturated heterocycles. The largest absolute Gasteiger partial charge is 0.497 e. The normalized spacial score (nSPS) is 16.2. The van der Waals surface area contributed by atoms with E-state index in [9.17, 15) is 4.79 Å². The maximum absolute atomic E-state index is 13.2. The Kier molecular flexibility index (Phi) is 4.83. The zero-order valence-electron chi connectivity index (χ0n) is 15.0. The molecule has 5 nitrogen and oxygen atoms in total. The first-order valence-electron chi connectivity index (χ1n) is 8.28. The summed E-state index contributed by atoms with van der Waals surface area (Å²) < 4.78 is 15.9. The Labute approximate surface area is 148 Å². The minimum absolute atomic E-state index is 0.0537. The molecule has 0 fully saturated rings. The molecule has 2 aromatic rings. The molecular weight excluding hydrogens is 318 g/mol. The number of rotatable bonds is 4. The lowest BCUT2D eigenvalue weighted by atomic mass is 9.93. The van der Waals surface area contributed by atoms with E-state index in [1.165, 1.54) is 0 Å². The van der Waals surface area contributed by atoms with Crippen LogP contribution in [0.3, 0.4) is 0 Å². The molecule has 2 aromatic carbocycles. The standard InChI is InChI=1S/C20H23NO4/c1-13-9-14-5-7-16(23-2)11-17(14)21(12-13)20(22)15-6-8-18(24-3)19(10-15)25-4/h5-8,10-11,13H,9,12H2,1-4H3. The third-order valence-electron chi connectivity index (χ3n) is 4.52. The van der Waals surface area contributed by atoms with Crippen LogP contribution in [0.4, 0.5) is 5.69 Å². The number of carbonyl (C=O) groups excluding carboxylic acids is 1. The Balaban J connectivity index is 2.00. The third-order valence-corrected chi connectivity index (χ3v) is 4.52. The van der Waals surface area contributed by atoms with Gasteiger partial charge in [-0.1, -0.05) is 13.0 Å². The van der Waals surface area contributed by atoms with Crippen molar-refractivity contribution in [2.75, 3.05) is 32.8 Å². The minimum atomic E-state index is -0.0537. The fourth-order valence-electron chi connectivity index (χ4n) is 3.26. The molecule has 1 atom stereocenters. The lowest BCUT2D eigenvalue weighted by molar-refractivity contribution is 0.0980. The molecule has 1 aliphatic rings. The van der Waals surface area contributed by atoms with Gasteiger partial charge in [-0.2, -0.15) is 0 Å². The summed E-state index contributed by atoms with van der Waals surface area (Å²) in [6.45, 7) is 2.83. The molecule has 0 radical (unpaired) electrons. The van der Waals surface area contributed by atoms with E-state index >= 15 is 0 Å². The van der Waals surface area contributed by atoms with Gasteiger partial charge in [0, 0.05) is 18.2 Å². The highest BCUT2D eigenvalue weighted by atomic mass is 16.5. The summed E-state index contributed by atoms with van der Waals surface area (Å²) in [7, 11) is 4.77. The van der Waals surface area contributed by atoms with Gasteiger partial charge < -0.3 is 19.1 Å². The van der Waals surface area contributed by atoms with Gasteiger partial charge in [0.25, 0.3) is 5.91 Å². The van der Waals surface area contributed by atoms with Crippen LogP contribution < -0.4 is 19.1 Å². The molecule has 1 heterocycles. The summed E-state index contributed by atoms with van der Waals surface area (Å²) in [6, 6.07) is 11.2. The Bertz CT molecular complexity index is 787. The molecule has 132 valence electrons. The number of benzene rings is 2. The minimum Gasteiger partial charge on any atom is -0.497 e. The SMILES string of the molecule is COc1ccc2c(c1)N(C(=O)c1ccc(OC)c(OC)c1)CC(C)C2. The van der Waals surface area contributed by atoms with Crippen molar-refractivity contribution in [2.45, 2.75) is 13.3 Å². The van der Waals surface area contributed by atoms with Crippen LogP contribution in [0.25, 0.3) is 0 Å². The maximum Gasteiger partial charge on any atom is 0.258 e. The number of methoxy groups -OCH3 is 3. The van der Waals surface area contributed by atoms with Gasteiger partial charge in [-0.05, 0) is 42.2 Å². The summed E-state index contributed by atoms with van der Waals surface area (Å²) >= 11 is 0. The van der Waals surface area contributed by atoms with Crippen LogP contribution in [-0.2, 0) is 6.42 Å². The second-order valence-corrected chi connectivity index (χ2v) is 6.29. The molecule has 0 spiro atoms. The topological polar surface area (TPSA) is 48.0 Å². The molecule has 1 unspecified atom stereocenters. The van der Waals surface area contributed by atoms with Crippen LogP contribution in [0.2, 0.25) is 0 Å². The summed E-state index contributed by atoms with van der Waals surface area (Å²) in [4.78, 5) is 15.0. The van der Waals surface area contributed by atoms with Gasteiger partial charge in [-0.3, -0.25) is 4.79 Å². The van der Waals surface area contributed by atoms with Gasteiger partial charge in [-0.15, -0.1) is 0 Å². The van der Waals surface area contributed by atoms with E-state index in [0.717, 1.165) is 23.4 Å². The van der Waals surface area contributed by atoms with Gasteiger partial charge in [0.2, 0.25) is 0 Å². The van der Waals surface area contributed by atoms with Crippen molar-refractivity contribution < 1.29 is 19.0 Å². The number of carbonyl (C=O) groups is 1.